The van der Waals surface area contributed by atoms with Crippen molar-refractivity contribution in [1.82, 2.24) is 4.90 Å². The minimum Gasteiger partial charge on any atom is -0.477 e. The highest BCUT2D eigenvalue weighted by molar-refractivity contribution is 7.99. The second-order valence-electron chi connectivity index (χ2n) is 5.37. The first kappa shape index (κ1) is 15.2. The van der Waals surface area contributed by atoms with E-state index in [4.69, 9.17) is 10.5 Å². The summed E-state index contributed by atoms with van der Waals surface area (Å²) >= 11 is 1.91. The zero-order valence-electron chi connectivity index (χ0n) is 12.2. The number of carbonyl (C=O) groups is 2. The molecule has 0 aromatic heterocycles. The van der Waals surface area contributed by atoms with Crippen LogP contribution in [-0.4, -0.2) is 60.5 Å². The molecule has 7 heteroatoms. The van der Waals surface area contributed by atoms with Gasteiger partial charge in [0.15, 0.2) is 6.10 Å². The summed E-state index contributed by atoms with van der Waals surface area (Å²) in [5.41, 5.74) is 6.06. The lowest BCUT2D eigenvalue weighted by Gasteiger charge is -2.35. The van der Waals surface area contributed by atoms with Crippen molar-refractivity contribution in [2.24, 2.45) is 5.73 Å². The third kappa shape index (κ3) is 3.20. The van der Waals surface area contributed by atoms with Crippen LogP contribution in [0.15, 0.2) is 24.3 Å². The van der Waals surface area contributed by atoms with E-state index in [9.17, 15) is 9.59 Å². The summed E-state index contributed by atoms with van der Waals surface area (Å²) in [5, 5.41) is 0. The van der Waals surface area contributed by atoms with Gasteiger partial charge in [-0.3, -0.25) is 14.5 Å². The number of hydrogen-bond acceptors (Lipinski definition) is 5. The Labute approximate surface area is 133 Å². The average Bonchev–Trinajstić information content (AvgIpc) is 2.54. The number of anilines is 1. The Kier molecular flexibility index (Phi) is 4.54. The van der Waals surface area contributed by atoms with Crippen LogP contribution in [0.2, 0.25) is 0 Å². The first-order chi connectivity index (χ1) is 10.6. The number of nitrogens with zero attached hydrogens (tertiary/aromatic N) is 2. The highest BCUT2D eigenvalue weighted by Gasteiger charge is 2.33. The maximum atomic E-state index is 12.7. The van der Waals surface area contributed by atoms with Crippen LogP contribution in [0, 0.1) is 0 Å². The van der Waals surface area contributed by atoms with Crippen LogP contribution in [0.3, 0.4) is 0 Å². The minimum absolute atomic E-state index is 0.0195. The number of rotatable bonds is 3. The van der Waals surface area contributed by atoms with E-state index in [1.165, 1.54) is 0 Å². The van der Waals surface area contributed by atoms with E-state index in [1.807, 2.05) is 30.0 Å². The molecule has 2 amide bonds. The Morgan fingerprint density at radius 2 is 2.00 bits per heavy atom. The van der Waals surface area contributed by atoms with E-state index in [0.29, 0.717) is 18.0 Å². The maximum absolute atomic E-state index is 12.7. The fourth-order valence-corrected chi connectivity index (χ4v) is 3.63. The molecule has 6 nitrogen and oxygen atoms in total. The van der Waals surface area contributed by atoms with Gasteiger partial charge < -0.3 is 15.4 Å². The number of para-hydroxylation sites is 2. The summed E-state index contributed by atoms with van der Waals surface area (Å²) < 4.78 is 5.58. The summed E-state index contributed by atoms with van der Waals surface area (Å²) in [6.07, 6.45) is -0.796. The standard InChI is InChI=1S/C15H19N3O3S/c16-15(20)13-9-18(11-3-1-2-4-12(11)21-13)14(19)10-17-5-7-22-8-6-17/h1-4,13H,5-10H2,(H2,16,20). The number of thioether (sulfide) groups is 1. The second kappa shape index (κ2) is 6.58. The van der Waals surface area contributed by atoms with Gasteiger partial charge in [-0.05, 0) is 12.1 Å². The molecular weight excluding hydrogens is 302 g/mol. The molecule has 2 aliphatic rings. The average molecular weight is 321 g/mol. The van der Waals surface area contributed by atoms with E-state index in [-0.39, 0.29) is 12.5 Å². The Bertz CT molecular complexity index is 575. The Hall–Kier alpha value is -1.73. The number of ether oxygens (including phenoxy) is 1. The summed E-state index contributed by atoms with van der Waals surface area (Å²) in [7, 11) is 0. The van der Waals surface area contributed by atoms with Gasteiger partial charge in [-0.25, -0.2) is 0 Å². The number of nitrogens with two attached hydrogens (primary N) is 1. The number of primary amides is 1. The highest BCUT2D eigenvalue weighted by Crippen LogP contribution is 2.33. The van der Waals surface area contributed by atoms with Crippen molar-refractivity contribution in [2.45, 2.75) is 6.10 Å². The lowest BCUT2D eigenvalue weighted by atomic mass is 10.1. The zero-order chi connectivity index (χ0) is 15.5. The number of carbonyl (C=O) groups excluding carboxylic acids is 2. The van der Waals surface area contributed by atoms with E-state index in [2.05, 4.69) is 4.90 Å². The van der Waals surface area contributed by atoms with Gasteiger partial charge in [0.05, 0.1) is 18.8 Å². The van der Waals surface area contributed by atoms with Crippen LogP contribution in [0.5, 0.6) is 5.75 Å². The van der Waals surface area contributed by atoms with Gasteiger partial charge in [0.2, 0.25) is 5.91 Å². The molecule has 2 aliphatic heterocycles. The van der Waals surface area contributed by atoms with Crippen molar-refractivity contribution in [2.75, 3.05) is 42.6 Å². The Balaban J connectivity index is 1.78. The molecule has 1 atom stereocenters. The molecule has 2 heterocycles. The molecule has 22 heavy (non-hydrogen) atoms. The number of fused-ring (bicyclic) bond motifs is 1. The van der Waals surface area contributed by atoms with Crippen molar-refractivity contribution in [1.29, 1.82) is 0 Å². The van der Waals surface area contributed by atoms with Gasteiger partial charge >= 0.3 is 0 Å². The molecule has 1 aromatic carbocycles. The third-order valence-corrected chi connectivity index (χ3v) is 4.80. The van der Waals surface area contributed by atoms with E-state index < -0.39 is 12.0 Å². The molecule has 1 aromatic rings. The van der Waals surface area contributed by atoms with Crippen LogP contribution in [0.1, 0.15) is 0 Å². The SMILES string of the molecule is NC(=O)C1CN(C(=O)CN2CCSCC2)c2ccccc2O1. The molecule has 0 bridgehead atoms. The van der Waals surface area contributed by atoms with Crippen molar-refractivity contribution < 1.29 is 14.3 Å². The topological polar surface area (TPSA) is 75.9 Å². The first-order valence-corrected chi connectivity index (χ1v) is 8.46. The molecule has 0 spiro atoms. The Morgan fingerprint density at radius 3 is 2.73 bits per heavy atom. The van der Waals surface area contributed by atoms with Crippen molar-refractivity contribution >= 4 is 29.3 Å². The van der Waals surface area contributed by atoms with Crippen molar-refractivity contribution in [3.8, 4) is 5.75 Å². The van der Waals surface area contributed by atoms with Gasteiger partial charge in [-0.1, -0.05) is 12.1 Å². The molecule has 1 saturated heterocycles. The highest BCUT2D eigenvalue weighted by atomic mass is 32.2. The number of hydrogen-bond donors (Lipinski definition) is 1. The van der Waals surface area contributed by atoms with Crippen LogP contribution in [0.25, 0.3) is 0 Å². The molecule has 0 saturated carbocycles. The van der Waals surface area contributed by atoms with Crippen LogP contribution in [0.4, 0.5) is 5.69 Å². The predicted molar refractivity (Wildman–Crippen MR) is 86.2 cm³/mol. The molecule has 0 radical (unpaired) electrons. The molecule has 1 unspecified atom stereocenters. The smallest absolute Gasteiger partial charge is 0.260 e. The molecule has 2 N–H and O–H groups in total. The normalized spacial score (nSPS) is 21.8. The second-order valence-corrected chi connectivity index (χ2v) is 6.59. The summed E-state index contributed by atoms with van der Waals surface area (Å²) in [6.45, 7) is 2.37. The van der Waals surface area contributed by atoms with E-state index in [0.717, 1.165) is 24.6 Å². The van der Waals surface area contributed by atoms with Gasteiger partial charge in [-0.15, -0.1) is 0 Å². The van der Waals surface area contributed by atoms with Gasteiger partial charge in [0, 0.05) is 24.6 Å². The first-order valence-electron chi connectivity index (χ1n) is 7.30. The zero-order valence-corrected chi connectivity index (χ0v) is 13.1. The van der Waals surface area contributed by atoms with E-state index >= 15 is 0 Å². The monoisotopic (exact) mass is 321 g/mol. The maximum Gasteiger partial charge on any atom is 0.260 e. The fraction of sp³-hybridized carbons (Fsp3) is 0.467. The molecular formula is C15H19N3O3S. The molecule has 118 valence electrons. The molecule has 3 rings (SSSR count). The van der Waals surface area contributed by atoms with Gasteiger partial charge in [0.25, 0.3) is 5.91 Å². The number of amides is 2. The van der Waals surface area contributed by atoms with Crippen molar-refractivity contribution in [3.05, 3.63) is 24.3 Å². The summed E-state index contributed by atoms with van der Waals surface area (Å²) in [6, 6.07) is 7.25. The molecule has 0 aliphatic carbocycles. The number of benzene rings is 1. The lowest BCUT2D eigenvalue weighted by molar-refractivity contribution is -0.125. The lowest BCUT2D eigenvalue weighted by Crippen LogP contribution is -2.52. The molecule has 1 fully saturated rings. The van der Waals surface area contributed by atoms with Crippen LogP contribution < -0.4 is 15.4 Å². The van der Waals surface area contributed by atoms with Gasteiger partial charge in [-0.2, -0.15) is 11.8 Å². The van der Waals surface area contributed by atoms with Crippen molar-refractivity contribution in [3.63, 3.8) is 0 Å². The predicted octanol–water partition coefficient (Wildman–Crippen LogP) is 0.315. The largest absolute Gasteiger partial charge is 0.477 e. The Morgan fingerprint density at radius 1 is 1.27 bits per heavy atom. The minimum atomic E-state index is -0.796. The van der Waals surface area contributed by atoms with Gasteiger partial charge in [0.1, 0.15) is 5.75 Å². The van der Waals surface area contributed by atoms with Crippen LogP contribution in [-0.2, 0) is 9.59 Å². The van der Waals surface area contributed by atoms with Crippen LogP contribution >= 0.6 is 11.8 Å². The summed E-state index contributed by atoms with van der Waals surface area (Å²) in [4.78, 5) is 27.9. The quantitative estimate of drug-likeness (QED) is 0.867. The van der Waals surface area contributed by atoms with E-state index in [1.54, 1.807) is 11.0 Å². The third-order valence-electron chi connectivity index (χ3n) is 3.85. The fourth-order valence-electron chi connectivity index (χ4n) is 2.65. The summed E-state index contributed by atoms with van der Waals surface area (Å²) in [5.74, 6) is 2.06.